The summed E-state index contributed by atoms with van der Waals surface area (Å²) in [5.74, 6) is -0.00766. The first-order valence-corrected chi connectivity index (χ1v) is 8.53. The highest BCUT2D eigenvalue weighted by molar-refractivity contribution is 5.80. The zero-order chi connectivity index (χ0) is 19.5. The number of rotatable bonds is 12. The van der Waals surface area contributed by atoms with Crippen molar-refractivity contribution in [2.24, 2.45) is 0 Å². The number of hydrogen-bond donors (Lipinski definition) is 0. The second-order valence-electron chi connectivity index (χ2n) is 5.50. The second kappa shape index (κ2) is 11.6. The van der Waals surface area contributed by atoms with Gasteiger partial charge < -0.3 is 23.8 Å². The third-order valence-corrected chi connectivity index (χ3v) is 3.47. The molecule has 0 heterocycles. The van der Waals surface area contributed by atoms with E-state index in [4.69, 9.17) is 14.2 Å². The largest absolute Gasteiger partial charge is 0.490 e. The molecule has 0 spiro atoms. The van der Waals surface area contributed by atoms with E-state index in [0.29, 0.717) is 26.4 Å². The molecule has 0 saturated carbocycles. The molecule has 1 atom stereocenters. The monoisotopic (exact) mass is 375 g/mol. The zero-order valence-corrected chi connectivity index (χ0v) is 15.7. The Bertz CT molecular complexity index is 556. The Labute approximate surface area is 153 Å². The minimum Gasteiger partial charge on any atom is -0.490 e. The third-order valence-electron chi connectivity index (χ3n) is 3.47. The van der Waals surface area contributed by atoms with Crippen LogP contribution in [0.5, 0.6) is 11.5 Å². The summed E-state index contributed by atoms with van der Waals surface area (Å²) in [6.07, 6.45) is -0.603. The molecular weight excluding hydrogens is 348 g/mol. The highest BCUT2D eigenvalue weighted by Crippen LogP contribution is 2.30. The number of ether oxygens (including phenoxy) is 4. The van der Waals surface area contributed by atoms with Gasteiger partial charge in [-0.2, -0.15) is 8.78 Å². The minimum atomic E-state index is -2.93. The SMILES string of the molecule is CCOCCOC(C)C(=O)N(C)Cc1ccc(OC(F)F)c(OCC)c1. The van der Waals surface area contributed by atoms with Crippen molar-refractivity contribution in [3.8, 4) is 11.5 Å². The molecule has 0 N–H and O–H groups in total. The highest BCUT2D eigenvalue weighted by Gasteiger charge is 2.19. The molecule has 0 radical (unpaired) electrons. The number of hydrogen-bond acceptors (Lipinski definition) is 5. The molecular formula is C18H27F2NO5. The van der Waals surface area contributed by atoms with Gasteiger partial charge in [-0.1, -0.05) is 6.07 Å². The van der Waals surface area contributed by atoms with Gasteiger partial charge in [-0.3, -0.25) is 4.79 Å². The summed E-state index contributed by atoms with van der Waals surface area (Å²) in [5.41, 5.74) is 0.729. The number of carbonyl (C=O) groups excluding carboxylic acids is 1. The summed E-state index contributed by atoms with van der Waals surface area (Å²) in [4.78, 5) is 13.8. The molecule has 0 fully saturated rings. The summed E-state index contributed by atoms with van der Waals surface area (Å²) in [7, 11) is 1.65. The molecule has 1 aromatic carbocycles. The van der Waals surface area contributed by atoms with Crippen molar-refractivity contribution < 1.29 is 32.5 Å². The number of nitrogens with zero attached hydrogens (tertiary/aromatic N) is 1. The lowest BCUT2D eigenvalue weighted by Crippen LogP contribution is -2.36. The molecule has 1 aromatic rings. The first-order valence-electron chi connectivity index (χ1n) is 8.53. The van der Waals surface area contributed by atoms with Crippen LogP contribution >= 0.6 is 0 Å². The Balaban J connectivity index is 2.68. The van der Waals surface area contributed by atoms with E-state index in [1.165, 1.54) is 11.0 Å². The molecule has 0 bridgehead atoms. The summed E-state index contributed by atoms with van der Waals surface area (Å²) in [6, 6.07) is 4.61. The van der Waals surface area contributed by atoms with Gasteiger partial charge in [0.25, 0.3) is 5.91 Å². The van der Waals surface area contributed by atoms with Crippen LogP contribution in [-0.2, 0) is 20.8 Å². The fraction of sp³-hybridized carbons (Fsp3) is 0.611. The van der Waals surface area contributed by atoms with Gasteiger partial charge in [-0.05, 0) is 38.5 Å². The Morgan fingerprint density at radius 3 is 2.50 bits per heavy atom. The van der Waals surface area contributed by atoms with E-state index in [-0.39, 0.29) is 24.0 Å². The Morgan fingerprint density at radius 2 is 1.88 bits per heavy atom. The fourth-order valence-corrected chi connectivity index (χ4v) is 2.27. The lowest BCUT2D eigenvalue weighted by atomic mass is 10.2. The fourth-order valence-electron chi connectivity index (χ4n) is 2.27. The normalized spacial score (nSPS) is 12.1. The molecule has 0 aliphatic rings. The van der Waals surface area contributed by atoms with Gasteiger partial charge in [0, 0.05) is 20.2 Å². The third kappa shape index (κ3) is 7.53. The van der Waals surface area contributed by atoms with Crippen molar-refractivity contribution in [3.05, 3.63) is 23.8 Å². The van der Waals surface area contributed by atoms with E-state index in [0.717, 1.165) is 5.56 Å². The lowest BCUT2D eigenvalue weighted by Gasteiger charge is -2.22. The predicted octanol–water partition coefficient (Wildman–Crippen LogP) is 3.09. The van der Waals surface area contributed by atoms with Crippen LogP contribution in [-0.4, -0.2) is 57.0 Å². The number of alkyl halides is 2. The second-order valence-corrected chi connectivity index (χ2v) is 5.50. The molecule has 0 saturated heterocycles. The first-order chi connectivity index (χ1) is 12.4. The minimum absolute atomic E-state index is 0.0350. The number of benzene rings is 1. The quantitative estimate of drug-likeness (QED) is 0.526. The molecule has 6 nitrogen and oxygen atoms in total. The standard InChI is InChI=1S/C18H27F2NO5/c1-5-23-9-10-25-13(3)17(22)21(4)12-14-7-8-15(26-18(19)20)16(11-14)24-6-2/h7-8,11,13,18H,5-6,9-10,12H2,1-4H3. The topological polar surface area (TPSA) is 57.2 Å². The molecule has 148 valence electrons. The predicted molar refractivity (Wildman–Crippen MR) is 92.6 cm³/mol. The van der Waals surface area contributed by atoms with E-state index < -0.39 is 12.7 Å². The number of likely N-dealkylation sites (N-methyl/N-ethyl adjacent to an activating group) is 1. The molecule has 1 rings (SSSR count). The Morgan fingerprint density at radius 1 is 1.15 bits per heavy atom. The summed E-state index contributed by atoms with van der Waals surface area (Å²) in [6.45, 7) is 4.33. The van der Waals surface area contributed by atoms with Crippen LogP contribution < -0.4 is 9.47 Å². The van der Waals surface area contributed by atoms with Gasteiger partial charge in [0.05, 0.1) is 19.8 Å². The number of halogens is 2. The van der Waals surface area contributed by atoms with Crippen molar-refractivity contribution in [2.45, 2.75) is 40.0 Å². The number of carbonyl (C=O) groups is 1. The molecule has 26 heavy (non-hydrogen) atoms. The maximum Gasteiger partial charge on any atom is 0.387 e. The average molecular weight is 375 g/mol. The van der Waals surface area contributed by atoms with Crippen LogP contribution in [0.25, 0.3) is 0 Å². The van der Waals surface area contributed by atoms with Crippen molar-refractivity contribution >= 4 is 5.91 Å². The van der Waals surface area contributed by atoms with Crippen molar-refractivity contribution in [1.82, 2.24) is 4.90 Å². The summed E-state index contributed by atoms with van der Waals surface area (Å²) >= 11 is 0. The van der Waals surface area contributed by atoms with Gasteiger partial charge >= 0.3 is 6.61 Å². The maximum absolute atomic E-state index is 12.4. The van der Waals surface area contributed by atoms with Crippen LogP contribution in [0, 0.1) is 0 Å². The lowest BCUT2D eigenvalue weighted by molar-refractivity contribution is -0.142. The van der Waals surface area contributed by atoms with Gasteiger partial charge in [0.2, 0.25) is 0 Å². The molecule has 0 aromatic heterocycles. The van der Waals surface area contributed by atoms with Crippen molar-refractivity contribution in [3.63, 3.8) is 0 Å². The molecule has 1 unspecified atom stereocenters. The van der Waals surface area contributed by atoms with Gasteiger partial charge in [-0.25, -0.2) is 0 Å². The molecule has 0 aliphatic carbocycles. The summed E-state index contributed by atoms with van der Waals surface area (Å²) in [5, 5.41) is 0. The van der Waals surface area contributed by atoms with E-state index in [1.807, 2.05) is 6.92 Å². The molecule has 0 aliphatic heterocycles. The van der Waals surface area contributed by atoms with E-state index in [2.05, 4.69) is 4.74 Å². The van der Waals surface area contributed by atoms with Gasteiger partial charge in [0.1, 0.15) is 6.10 Å². The van der Waals surface area contributed by atoms with E-state index in [9.17, 15) is 13.6 Å². The van der Waals surface area contributed by atoms with E-state index >= 15 is 0 Å². The first kappa shape index (κ1) is 22.1. The van der Waals surface area contributed by atoms with Crippen LogP contribution in [0.3, 0.4) is 0 Å². The van der Waals surface area contributed by atoms with Crippen molar-refractivity contribution in [1.29, 1.82) is 0 Å². The smallest absolute Gasteiger partial charge is 0.387 e. The number of amides is 1. The zero-order valence-electron chi connectivity index (χ0n) is 15.7. The molecule has 1 amide bonds. The van der Waals surface area contributed by atoms with Crippen LogP contribution in [0.2, 0.25) is 0 Å². The summed E-state index contributed by atoms with van der Waals surface area (Å²) < 4.78 is 45.3. The van der Waals surface area contributed by atoms with Crippen LogP contribution in [0.15, 0.2) is 18.2 Å². The van der Waals surface area contributed by atoms with Gasteiger partial charge in [0.15, 0.2) is 11.5 Å². The van der Waals surface area contributed by atoms with Gasteiger partial charge in [-0.15, -0.1) is 0 Å². The van der Waals surface area contributed by atoms with Crippen LogP contribution in [0.4, 0.5) is 8.78 Å². The van der Waals surface area contributed by atoms with Crippen molar-refractivity contribution in [2.75, 3.05) is 33.5 Å². The average Bonchev–Trinajstić information content (AvgIpc) is 2.60. The van der Waals surface area contributed by atoms with Crippen LogP contribution in [0.1, 0.15) is 26.3 Å². The highest BCUT2D eigenvalue weighted by atomic mass is 19.3. The molecule has 8 heteroatoms. The Hall–Kier alpha value is -1.93. The maximum atomic E-state index is 12.4. The van der Waals surface area contributed by atoms with E-state index in [1.54, 1.807) is 33.0 Å². The Kier molecular flexibility index (Phi) is 9.90.